The molecule has 0 aliphatic rings. The van der Waals surface area contributed by atoms with Crippen molar-refractivity contribution in [2.45, 2.75) is 24.8 Å². The molecule has 0 aliphatic carbocycles. The predicted molar refractivity (Wildman–Crippen MR) is 116 cm³/mol. The highest BCUT2D eigenvalue weighted by atomic mass is 32.2. The average molecular weight is 456 g/mol. The number of amides is 1. The molecule has 0 fully saturated rings. The van der Waals surface area contributed by atoms with E-state index in [0.717, 1.165) is 10.6 Å². The Hall–Kier alpha value is -2.63. The van der Waals surface area contributed by atoms with Crippen molar-refractivity contribution in [3.05, 3.63) is 48.0 Å². The number of nitrogens with zero attached hydrogens (tertiary/aromatic N) is 1. The molecule has 0 aromatic heterocycles. The minimum Gasteiger partial charge on any atom is -0.495 e. The fraction of sp³-hybridized carbons (Fsp3) is 0.316. The predicted octanol–water partition coefficient (Wildman–Crippen LogP) is 2.03. The third-order valence-corrected chi connectivity index (χ3v) is 6.95. The number of rotatable bonds is 8. The van der Waals surface area contributed by atoms with E-state index in [-0.39, 0.29) is 33.6 Å². The minimum absolute atomic E-state index is 0.0474. The maximum absolute atomic E-state index is 12.9. The van der Waals surface area contributed by atoms with Crippen molar-refractivity contribution in [2.24, 2.45) is 0 Å². The van der Waals surface area contributed by atoms with Crippen LogP contribution in [0.3, 0.4) is 0 Å². The summed E-state index contributed by atoms with van der Waals surface area (Å²) < 4.78 is 57.4. The van der Waals surface area contributed by atoms with E-state index in [9.17, 15) is 21.6 Å². The van der Waals surface area contributed by atoms with E-state index in [2.05, 4.69) is 10.0 Å². The lowest BCUT2D eigenvalue weighted by Crippen LogP contribution is -2.30. The molecule has 30 heavy (non-hydrogen) atoms. The van der Waals surface area contributed by atoms with Gasteiger partial charge in [-0.25, -0.2) is 21.6 Å². The summed E-state index contributed by atoms with van der Waals surface area (Å²) in [6.45, 7) is 3.39. The number of sulfonamides is 2. The fourth-order valence-electron chi connectivity index (χ4n) is 2.64. The van der Waals surface area contributed by atoms with Crippen molar-refractivity contribution in [1.82, 2.24) is 4.72 Å². The molecule has 0 atom stereocenters. The van der Waals surface area contributed by atoms with Gasteiger partial charge in [0.15, 0.2) is 0 Å². The maximum Gasteiger partial charge on any atom is 0.257 e. The lowest BCUT2D eigenvalue weighted by Gasteiger charge is -2.20. The van der Waals surface area contributed by atoms with Crippen LogP contribution in [0.4, 0.5) is 11.4 Å². The molecule has 0 saturated heterocycles. The molecule has 11 heteroatoms. The Labute approximate surface area is 177 Å². The van der Waals surface area contributed by atoms with Gasteiger partial charge >= 0.3 is 0 Å². The summed E-state index contributed by atoms with van der Waals surface area (Å²) in [5.41, 5.74) is 0.411. The zero-order valence-corrected chi connectivity index (χ0v) is 19.0. The van der Waals surface area contributed by atoms with Gasteiger partial charge in [-0.05, 0) is 44.2 Å². The smallest absolute Gasteiger partial charge is 0.257 e. The first-order chi connectivity index (χ1) is 13.9. The standard InChI is InChI=1S/C19H25N3O6S2/c1-13(2)21-30(26,27)14-10-11-18(28-4)16(12-14)20-19(23)15-8-6-7-9-17(15)22(3)29(5,24)25/h6-13,21H,1-5H3,(H,20,23). The van der Waals surface area contributed by atoms with E-state index in [4.69, 9.17) is 4.74 Å². The number of para-hydroxylation sites is 1. The van der Waals surface area contributed by atoms with Crippen LogP contribution in [0.2, 0.25) is 0 Å². The molecular weight excluding hydrogens is 430 g/mol. The summed E-state index contributed by atoms with van der Waals surface area (Å²) in [4.78, 5) is 12.9. The first-order valence-corrected chi connectivity index (χ1v) is 12.2. The quantitative estimate of drug-likeness (QED) is 0.628. The number of ether oxygens (including phenoxy) is 1. The highest BCUT2D eigenvalue weighted by Gasteiger charge is 2.22. The first-order valence-electron chi connectivity index (χ1n) is 8.91. The Morgan fingerprint density at radius 3 is 2.27 bits per heavy atom. The summed E-state index contributed by atoms with van der Waals surface area (Å²) in [6, 6.07) is 9.95. The molecule has 0 unspecified atom stereocenters. The highest BCUT2D eigenvalue weighted by molar-refractivity contribution is 7.92. The Morgan fingerprint density at radius 2 is 1.70 bits per heavy atom. The van der Waals surface area contributed by atoms with Gasteiger partial charge in [-0.3, -0.25) is 9.10 Å². The molecule has 1 amide bonds. The van der Waals surface area contributed by atoms with Crippen LogP contribution in [0.15, 0.2) is 47.4 Å². The monoisotopic (exact) mass is 455 g/mol. The van der Waals surface area contributed by atoms with Crippen LogP contribution in [-0.2, 0) is 20.0 Å². The van der Waals surface area contributed by atoms with Gasteiger partial charge in [-0.1, -0.05) is 12.1 Å². The summed E-state index contributed by atoms with van der Waals surface area (Å²) in [7, 11) is -4.66. The number of benzene rings is 2. The summed E-state index contributed by atoms with van der Waals surface area (Å²) in [5, 5.41) is 2.61. The van der Waals surface area contributed by atoms with Crippen molar-refractivity contribution in [3.8, 4) is 5.75 Å². The second-order valence-corrected chi connectivity index (χ2v) is 10.6. The maximum atomic E-state index is 12.9. The summed E-state index contributed by atoms with van der Waals surface area (Å²) in [5.74, 6) is -0.369. The minimum atomic E-state index is -3.79. The number of anilines is 2. The molecule has 2 rings (SSSR count). The Bertz CT molecular complexity index is 1140. The van der Waals surface area contributed by atoms with Gasteiger partial charge in [0.25, 0.3) is 5.91 Å². The van der Waals surface area contributed by atoms with Gasteiger partial charge in [0.05, 0.1) is 35.2 Å². The van der Waals surface area contributed by atoms with Gasteiger partial charge in [-0.15, -0.1) is 0 Å². The Kier molecular flexibility index (Phi) is 7.11. The molecule has 0 heterocycles. The van der Waals surface area contributed by atoms with Crippen LogP contribution in [0.1, 0.15) is 24.2 Å². The SMILES string of the molecule is COc1ccc(S(=O)(=O)NC(C)C)cc1NC(=O)c1ccccc1N(C)S(C)(=O)=O. The second-order valence-electron chi connectivity index (χ2n) is 6.84. The summed E-state index contributed by atoms with van der Waals surface area (Å²) in [6.07, 6.45) is 1.03. The second kappa shape index (κ2) is 9.02. The molecule has 0 aliphatic heterocycles. The van der Waals surface area contributed by atoms with Gasteiger partial charge in [-0.2, -0.15) is 0 Å². The van der Waals surface area contributed by atoms with E-state index in [1.165, 1.54) is 44.5 Å². The number of carbonyl (C=O) groups excluding carboxylic acids is 1. The van der Waals surface area contributed by atoms with Crippen LogP contribution in [-0.4, -0.2) is 49.2 Å². The molecule has 2 aromatic rings. The van der Waals surface area contributed by atoms with Crippen molar-refractivity contribution in [3.63, 3.8) is 0 Å². The van der Waals surface area contributed by atoms with Crippen molar-refractivity contribution >= 4 is 37.3 Å². The topological polar surface area (TPSA) is 122 Å². The van der Waals surface area contributed by atoms with Gasteiger partial charge in [0, 0.05) is 13.1 Å². The number of carbonyl (C=O) groups is 1. The van der Waals surface area contributed by atoms with E-state index in [1.807, 2.05) is 0 Å². The fourth-order valence-corrected chi connectivity index (χ4v) is 4.43. The zero-order chi connectivity index (χ0) is 22.7. The van der Waals surface area contributed by atoms with Gasteiger partial charge in [0.1, 0.15) is 5.75 Å². The van der Waals surface area contributed by atoms with Crippen molar-refractivity contribution in [1.29, 1.82) is 0 Å². The van der Waals surface area contributed by atoms with E-state index >= 15 is 0 Å². The lowest BCUT2D eigenvalue weighted by atomic mass is 10.1. The molecule has 164 valence electrons. The first kappa shape index (κ1) is 23.6. The molecule has 2 N–H and O–H groups in total. The zero-order valence-electron chi connectivity index (χ0n) is 17.3. The Morgan fingerprint density at radius 1 is 1.07 bits per heavy atom. The van der Waals surface area contributed by atoms with E-state index in [1.54, 1.807) is 26.0 Å². The van der Waals surface area contributed by atoms with E-state index in [0.29, 0.717) is 0 Å². The lowest BCUT2D eigenvalue weighted by molar-refractivity contribution is 0.102. The molecule has 0 saturated carbocycles. The van der Waals surface area contributed by atoms with E-state index < -0.39 is 26.0 Å². The normalized spacial score (nSPS) is 11.9. The number of methoxy groups -OCH3 is 1. The summed E-state index contributed by atoms with van der Waals surface area (Å²) >= 11 is 0. The molecular formula is C19H25N3O6S2. The van der Waals surface area contributed by atoms with Gasteiger partial charge < -0.3 is 10.1 Å². The largest absolute Gasteiger partial charge is 0.495 e. The Balaban J connectivity index is 2.46. The highest BCUT2D eigenvalue weighted by Crippen LogP contribution is 2.29. The number of hydrogen-bond donors (Lipinski definition) is 2. The molecule has 9 nitrogen and oxygen atoms in total. The molecule has 0 bridgehead atoms. The van der Waals surface area contributed by atoms with Crippen LogP contribution in [0.25, 0.3) is 0 Å². The molecule has 0 spiro atoms. The molecule has 0 radical (unpaired) electrons. The van der Waals surface area contributed by atoms with Crippen LogP contribution in [0, 0.1) is 0 Å². The van der Waals surface area contributed by atoms with Crippen molar-refractivity contribution in [2.75, 3.05) is 30.0 Å². The van der Waals surface area contributed by atoms with Gasteiger partial charge in [0.2, 0.25) is 20.0 Å². The third kappa shape index (κ3) is 5.49. The average Bonchev–Trinajstić information content (AvgIpc) is 2.65. The third-order valence-electron chi connectivity index (χ3n) is 4.11. The van der Waals surface area contributed by atoms with Crippen LogP contribution >= 0.6 is 0 Å². The number of hydrogen-bond acceptors (Lipinski definition) is 6. The van der Waals surface area contributed by atoms with Crippen LogP contribution < -0.4 is 19.1 Å². The number of nitrogens with one attached hydrogen (secondary N) is 2. The van der Waals surface area contributed by atoms with Crippen LogP contribution in [0.5, 0.6) is 5.75 Å². The molecule has 2 aromatic carbocycles. The van der Waals surface area contributed by atoms with Crippen molar-refractivity contribution < 1.29 is 26.4 Å².